The molecule has 0 amide bonds. The van der Waals surface area contributed by atoms with Crippen molar-refractivity contribution in [2.24, 2.45) is 0 Å². The number of rotatable bonds is 4. The molecule has 0 radical (unpaired) electrons. The van der Waals surface area contributed by atoms with Crippen LogP contribution in [0, 0.1) is 0 Å². The summed E-state index contributed by atoms with van der Waals surface area (Å²) in [7, 11) is 2.02. The largest absolute Gasteiger partial charge is 0.309 e. The van der Waals surface area contributed by atoms with Crippen LogP contribution in [0.5, 0.6) is 0 Å². The number of aromatic nitrogens is 1. The number of benzene rings is 2. The monoisotopic (exact) mass is 276 g/mol. The van der Waals surface area contributed by atoms with Crippen LogP contribution in [-0.4, -0.2) is 12.0 Å². The van der Waals surface area contributed by atoms with Gasteiger partial charge < -0.3 is 5.32 Å². The van der Waals surface area contributed by atoms with Crippen LogP contribution in [0.3, 0.4) is 0 Å². The molecule has 1 unspecified atom stereocenters. The molecule has 1 heterocycles. The fourth-order valence-corrected chi connectivity index (χ4v) is 3.00. The summed E-state index contributed by atoms with van der Waals surface area (Å²) in [5.41, 5.74) is 3.92. The quantitative estimate of drug-likeness (QED) is 0.776. The molecule has 0 bridgehead atoms. The maximum atomic E-state index is 4.26. The Hall–Kier alpha value is -2.19. The number of aryl methyl sites for hydroxylation is 1. The molecule has 0 aliphatic heterocycles. The van der Waals surface area contributed by atoms with E-state index >= 15 is 0 Å². The summed E-state index contributed by atoms with van der Waals surface area (Å²) >= 11 is 0. The first-order valence-corrected chi connectivity index (χ1v) is 7.43. The van der Waals surface area contributed by atoms with Gasteiger partial charge in [0.25, 0.3) is 0 Å². The Bertz CT molecular complexity index is 744. The molecule has 2 heteroatoms. The summed E-state index contributed by atoms with van der Waals surface area (Å²) in [6.45, 7) is 2.18. The highest BCUT2D eigenvalue weighted by Crippen LogP contribution is 2.30. The molecule has 0 saturated heterocycles. The van der Waals surface area contributed by atoms with E-state index in [0.29, 0.717) is 0 Å². The van der Waals surface area contributed by atoms with Crippen molar-refractivity contribution in [3.8, 4) is 0 Å². The molecule has 2 nitrogen and oxygen atoms in total. The molecule has 1 aromatic heterocycles. The van der Waals surface area contributed by atoms with E-state index in [4.69, 9.17) is 0 Å². The van der Waals surface area contributed by atoms with E-state index in [0.717, 1.165) is 6.42 Å². The lowest BCUT2D eigenvalue weighted by Gasteiger charge is -2.21. The number of nitrogens with one attached hydrogen (secondary N) is 1. The van der Waals surface area contributed by atoms with Crippen molar-refractivity contribution in [2.75, 3.05) is 7.05 Å². The number of pyridine rings is 1. The van der Waals surface area contributed by atoms with E-state index in [1.165, 1.54) is 27.5 Å². The van der Waals surface area contributed by atoms with Crippen LogP contribution in [0.4, 0.5) is 0 Å². The third-order valence-corrected chi connectivity index (χ3v) is 4.06. The van der Waals surface area contributed by atoms with Gasteiger partial charge in [-0.05, 0) is 47.0 Å². The van der Waals surface area contributed by atoms with Gasteiger partial charge in [0.2, 0.25) is 0 Å². The second kappa shape index (κ2) is 6.06. The van der Waals surface area contributed by atoms with Crippen molar-refractivity contribution in [2.45, 2.75) is 19.4 Å². The van der Waals surface area contributed by atoms with Gasteiger partial charge in [-0.3, -0.25) is 4.98 Å². The van der Waals surface area contributed by atoms with Gasteiger partial charge in [-0.15, -0.1) is 0 Å². The molecular formula is C19H20N2. The van der Waals surface area contributed by atoms with E-state index in [1.54, 1.807) is 0 Å². The Morgan fingerprint density at radius 2 is 1.81 bits per heavy atom. The van der Waals surface area contributed by atoms with Crippen molar-refractivity contribution >= 4 is 10.8 Å². The molecule has 1 N–H and O–H groups in total. The second-order valence-electron chi connectivity index (χ2n) is 5.22. The fraction of sp³-hybridized carbons (Fsp3) is 0.211. The van der Waals surface area contributed by atoms with Gasteiger partial charge in [-0.2, -0.15) is 0 Å². The van der Waals surface area contributed by atoms with Crippen LogP contribution in [0.15, 0.2) is 60.9 Å². The number of nitrogens with zero attached hydrogens (tertiary/aromatic N) is 1. The lowest BCUT2D eigenvalue weighted by molar-refractivity contribution is 0.687. The predicted octanol–water partition coefficient (Wildman–Crippen LogP) is 4.11. The third-order valence-electron chi connectivity index (χ3n) is 4.06. The molecule has 0 aliphatic rings. The van der Waals surface area contributed by atoms with Crippen LogP contribution in [-0.2, 0) is 6.42 Å². The van der Waals surface area contributed by atoms with Crippen molar-refractivity contribution in [1.29, 1.82) is 0 Å². The summed E-state index contributed by atoms with van der Waals surface area (Å²) in [4.78, 5) is 4.26. The van der Waals surface area contributed by atoms with Gasteiger partial charge in [-0.1, -0.05) is 49.4 Å². The molecule has 106 valence electrons. The molecule has 0 saturated carbocycles. The molecule has 21 heavy (non-hydrogen) atoms. The molecular weight excluding hydrogens is 256 g/mol. The Balaban J connectivity index is 2.19. The molecule has 0 aliphatic carbocycles. The molecule has 3 rings (SSSR count). The molecule has 0 fully saturated rings. The minimum absolute atomic E-state index is 0.189. The zero-order valence-corrected chi connectivity index (χ0v) is 12.5. The fourth-order valence-electron chi connectivity index (χ4n) is 3.00. The maximum Gasteiger partial charge on any atom is 0.0584 e. The second-order valence-corrected chi connectivity index (χ2v) is 5.22. The molecule has 2 aromatic carbocycles. The standard InChI is InChI=1S/C19H20N2/c1-3-14-13-21-12-11-17(14)19(20-2)18-10-6-8-15-7-4-5-9-16(15)18/h4-13,19-20H,3H2,1-2H3. The van der Waals surface area contributed by atoms with Crippen molar-refractivity contribution in [3.63, 3.8) is 0 Å². The lowest BCUT2D eigenvalue weighted by atomic mass is 9.91. The van der Waals surface area contributed by atoms with E-state index in [2.05, 4.69) is 65.8 Å². The first-order valence-electron chi connectivity index (χ1n) is 7.43. The SMILES string of the molecule is CCc1cnccc1C(NC)c1cccc2ccccc12. The first kappa shape index (κ1) is 13.8. The Morgan fingerprint density at radius 1 is 1.00 bits per heavy atom. The summed E-state index contributed by atoms with van der Waals surface area (Å²) in [5.74, 6) is 0. The summed E-state index contributed by atoms with van der Waals surface area (Å²) < 4.78 is 0. The zero-order valence-electron chi connectivity index (χ0n) is 12.5. The number of hydrogen-bond donors (Lipinski definition) is 1. The van der Waals surface area contributed by atoms with Gasteiger partial charge in [0.05, 0.1) is 6.04 Å². The number of hydrogen-bond acceptors (Lipinski definition) is 2. The van der Waals surface area contributed by atoms with Crippen LogP contribution < -0.4 is 5.32 Å². The van der Waals surface area contributed by atoms with Gasteiger partial charge >= 0.3 is 0 Å². The van der Waals surface area contributed by atoms with E-state index < -0.39 is 0 Å². The smallest absolute Gasteiger partial charge is 0.0584 e. The minimum Gasteiger partial charge on any atom is -0.309 e. The molecule has 3 aromatic rings. The zero-order chi connectivity index (χ0) is 14.7. The van der Waals surface area contributed by atoms with Crippen molar-refractivity contribution in [1.82, 2.24) is 10.3 Å². The van der Waals surface area contributed by atoms with Gasteiger partial charge in [0, 0.05) is 12.4 Å². The van der Waals surface area contributed by atoms with Gasteiger partial charge in [0.1, 0.15) is 0 Å². The minimum atomic E-state index is 0.189. The van der Waals surface area contributed by atoms with Crippen molar-refractivity contribution in [3.05, 3.63) is 77.6 Å². The van der Waals surface area contributed by atoms with Gasteiger partial charge in [-0.25, -0.2) is 0 Å². The van der Waals surface area contributed by atoms with Crippen LogP contribution in [0.2, 0.25) is 0 Å². The van der Waals surface area contributed by atoms with Crippen LogP contribution in [0.1, 0.15) is 29.7 Å². The highest BCUT2D eigenvalue weighted by molar-refractivity contribution is 5.86. The molecule has 1 atom stereocenters. The summed E-state index contributed by atoms with van der Waals surface area (Å²) in [5, 5.41) is 6.06. The van der Waals surface area contributed by atoms with Crippen LogP contribution in [0.25, 0.3) is 10.8 Å². The van der Waals surface area contributed by atoms with Gasteiger partial charge in [0.15, 0.2) is 0 Å². The summed E-state index contributed by atoms with van der Waals surface area (Å²) in [6.07, 6.45) is 4.85. The highest BCUT2D eigenvalue weighted by atomic mass is 14.9. The van der Waals surface area contributed by atoms with E-state index in [9.17, 15) is 0 Å². The van der Waals surface area contributed by atoms with E-state index in [1.807, 2.05) is 19.4 Å². The Morgan fingerprint density at radius 3 is 2.62 bits per heavy atom. The average molecular weight is 276 g/mol. The molecule has 0 spiro atoms. The lowest BCUT2D eigenvalue weighted by Crippen LogP contribution is -2.19. The average Bonchev–Trinajstić information content (AvgIpc) is 2.56. The first-order chi connectivity index (χ1) is 10.3. The summed E-state index contributed by atoms with van der Waals surface area (Å²) in [6, 6.07) is 17.4. The van der Waals surface area contributed by atoms with Crippen LogP contribution >= 0.6 is 0 Å². The number of fused-ring (bicyclic) bond motifs is 1. The normalized spacial score (nSPS) is 12.5. The maximum absolute atomic E-state index is 4.26. The predicted molar refractivity (Wildman–Crippen MR) is 88.5 cm³/mol. The Labute approximate surface area is 125 Å². The van der Waals surface area contributed by atoms with Crippen molar-refractivity contribution < 1.29 is 0 Å². The third kappa shape index (κ3) is 2.55. The Kier molecular flexibility index (Phi) is 3.98. The highest BCUT2D eigenvalue weighted by Gasteiger charge is 2.17. The van der Waals surface area contributed by atoms with E-state index in [-0.39, 0.29) is 6.04 Å². The topological polar surface area (TPSA) is 24.9 Å².